The second-order valence-electron chi connectivity index (χ2n) is 10.7. The van der Waals surface area contributed by atoms with Gasteiger partial charge < -0.3 is 14.4 Å². The molecule has 0 amide bonds. The second-order valence-corrected chi connectivity index (χ2v) is 10.7. The molecule has 5 aromatic carbocycles. The van der Waals surface area contributed by atoms with Gasteiger partial charge in [-0.3, -0.25) is 0 Å². The Hall–Kier alpha value is -4.63. The summed E-state index contributed by atoms with van der Waals surface area (Å²) in [6.07, 6.45) is 3.79. The molecule has 0 saturated carbocycles. The molecular weight excluding hydrogens is 705 g/mol. The fraction of sp³-hybridized carbons (Fsp3) is 0.0769. The number of rotatable bonds is 2. The SMILES string of the molecule is Cc1ccc(-c2[c-]cccc2)nc1.Cc1cnc(-c2[c-]ccc3c2oc2cc4c(ccc5ccccc54)cc23)cc1C.[Ir]. The molecule has 0 unspecified atom stereocenters. The maximum absolute atomic E-state index is 6.39. The minimum Gasteiger partial charge on any atom is -0.501 e. The van der Waals surface area contributed by atoms with Crippen molar-refractivity contribution in [1.82, 2.24) is 9.97 Å². The van der Waals surface area contributed by atoms with Crippen LogP contribution in [0.1, 0.15) is 16.7 Å². The van der Waals surface area contributed by atoms with E-state index in [1.807, 2.05) is 55.7 Å². The molecule has 0 saturated heterocycles. The summed E-state index contributed by atoms with van der Waals surface area (Å²) in [6.45, 7) is 6.22. The maximum atomic E-state index is 6.39. The fourth-order valence-corrected chi connectivity index (χ4v) is 5.37. The minimum absolute atomic E-state index is 0. The average Bonchev–Trinajstić information content (AvgIpc) is 3.40. The molecule has 0 fully saturated rings. The molecule has 0 spiro atoms. The first-order valence-electron chi connectivity index (χ1n) is 14.1. The van der Waals surface area contributed by atoms with E-state index in [2.05, 4.69) is 103 Å². The average molecular weight is 733 g/mol. The van der Waals surface area contributed by atoms with Crippen LogP contribution in [-0.4, -0.2) is 9.97 Å². The van der Waals surface area contributed by atoms with E-state index < -0.39 is 0 Å². The number of hydrogen-bond donors (Lipinski definition) is 0. The minimum atomic E-state index is 0. The molecule has 3 nitrogen and oxygen atoms in total. The summed E-state index contributed by atoms with van der Waals surface area (Å²) in [5.74, 6) is 0. The van der Waals surface area contributed by atoms with E-state index >= 15 is 0 Å². The van der Waals surface area contributed by atoms with E-state index in [1.54, 1.807) is 0 Å². The van der Waals surface area contributed by atoms with E-state index in [1.165, 1.54) is 38.2 Å². The summed E-state index contributed by atoms with van der Waals surface area (Å²) in [4.78, 5) is 8.95. The molecule has 4 heteroatoms. The van der Waals surface area contributed by atoms with Gasteiger partial charge in [-0.2, -0.15) is 0 Å². The number of fused-ring (bicyclic) bond motifs is 6. The number of aromatic nitrogens is 2. The molecule has 8 rings (SSSR count). The van der Waals surface area contributed by atoms with Crippen LogP contribution in [0.25, 0.3) is 66.0 Å². The van der Waals surface area contributed by atoms with Crippen LogP contribution in [0, 0.1) is 32.9 Å². The van der Waals surface area contributed by atoms with Crippen LogP contribution in [0.4, 0.5) is 0 Å². The first kappa shape index (κ1) is 28.5. The van der Waals surface area contributed by atoms with Crippen molar-refractivity contribution >= 4 is 43.5 Å². The third-order valence-electron chi connectivity index (χ3n) is 7.82. The van der Waals surface area contributed by atoms with Gasteiger partial charge in [0, 0.05) is 37.9 Å². The Bertz CT molecular complexity index is 2220. The predicted molar refractivity (Wildman–Crippen MR) is 174 cm³/mol. The Labute approximate surface area is 264 Å². The van der Waals surface area contributed by atoms with E-state index in [0.29, 0.717) is 0 Å². The van der Waals surface area contributed by atoms with Crippen LogP contribution in [-0.2, 0) is 20.1 Å². The molecular formula is C39H28IrN2O-2. The molecule has 0 aliphatic heterocycles. The Morgan fingerprint density at radius 1 is 0.581 bits per heavy atom. The van der Waals surface area contributed by atoms with Gasteiger partial charge in [-0.15, -0.1) is 54.1 Å². The van der Waals surface area contributed by atoms with Gasteiger partial charge in [0.1, 0.15) is 5.58 Å². The van der Waals surface area contributed by atoms with Crippen LogP contribution in [0.2, 0.25) is 0 Å². The molecule has 0 aliphatic carbocycles. The molecule has 3 aromatic heterocycles. The number of hydrogen-bond acceptors (Lipinski definition) is 3. The van der Waals surface area contributed by atoms with Crippen LogP contribution in [0.15, 0.2) is 120 Å². The summed E-state index contributed by atoms with van der Waals surface area (Å²) < 4.78 is 6.39. The van der Waals surface area contributed by atoms with Gasteiger partial charge in [-0.25, -0.2) is 0 Å². The largest absolute Gasteiger partial charge is 0.501 e. The first-order chi connectivity index (χ1) is 20.5. The van der Waals surface area contributed by atoms with Crippen LogP contribution in [0.3, 0.4) is 0 Å². The van der Waals surface area contributed by atoms with Crippen molar-refractivity contribution < 1.29 is 24.5 Å². The molecule has 43 heavy (non-hydrogen) atoms. The van der Waals surface area contributed by atoms with E-state index in [4.69, 9.17) is 4.42 Å². The van der Waals surface area contributed by atoms with Crippen LogP contribution >= 0.6 is 0 Å². The molecule has 211 valence electrons. The number of pyridine rings is 2. The molecule has 0 atom stereocenters. The molecule has 3 heterocycles. The van der Waals surface area contributed by atoms with Crippen molar-refractivity contribution in [2.75, 3.05) is 0 Å². The second kappa shape index (κ2) is 11.9. The van der Waals surface area contributed by atoms with Gasteiger partial charge in [-0.1, -0.05) is 71.1 Å². The van der Waals surface area contributed by atoms with Gasteiger partial charge in [0.05, 0.1) is 5.58 Å². The topological polar surface area (TPSA) is 38.9 Å². The Morgan fingerprint density at radius 3 is 2.19 bits per heavy atom. The summed E-state index contributed by atoms with van der Waals surface area (Å²) in [5.41, 5.74) is 9.15. The zero-order valence-corrected chi connectivity index (χ0v) is 26.5. The summed E-state index contributed by atoms with van der Waals surface area (Å²) in [5, 5.41) is 7.14. The predicted octanol–water partition coefficient (Wildman–Crippen LogP) is 10.2. The third kappa shape index (κ3) is 5.48. The van der Waals surface area contributed by atoms with E-state index in [0.717, 1.165) is 44.5 Å². The molecule has 0 bridgehead atoms. The van der Waals surface area contributed by atoms with Gasteiger partial charge in [0.25, 0.3) is 0 Å². The van der Waals surface area contributed by atoms with E-state index in [-0.39, 0.29) is 20.1 Å². The summed E-state index contributed by atoms with van der Waals surface area (Å²) >= 11 is 0. The molecule has 8 aromatic rings. The summed E-state index contributed by atoms with van der Waals surface area (Å²) in [6, 6.07) is 41.8. The number of benzene rings is 5. The van der Waals surface area contributed by atoms with Crippen molar-refractivity contribution in [3.63, 3.8) is 0 Å². The van der Waals surface area contributed by atoms with E-state index in [9.17, 15) is 0 Å². The Morgan fingerprint density at radius 2 is 1.40 bits per heavy atom. The van der Waals surface area contributed by atoms with Crippen LogP contribution < -0.4 is 0 Å². The van der Waals surface area contributed by atoms with Crippen molar-refractivity contribution in [2.24, 2.45) is 0 Å². The van der Waals surface area contributed by atoms with Gasteiger partial charge in [0.2, 0.25) is 0 Å². The van der Waals surface area contributed by atoms with Gasteiger partial charge >= 0.3 is 0 Å². The molecule has 0 aliphatic rings. The standard InChI is InChI=1S/C27H18NO.C12H10N.Ir/c1-16-12-25(28-15-17(16)2)22-9-5-8-21-24-13-19-11-10-18-6-3-4-7-20(18)23(19)14-26(24)29-27(21)22;1-10-7-8-12(13-9-10)11-5-3-2-4-6-11;/h3-8,10-15H,1-2H3;2-5,7-9H,1H3;/q2*-1;. The van der Waals surface area contributed by atoms with Gasteiger partial charge in [-0.05, 0) is 77.0 Å². The number of nitrogens with zero attached hydrogens (tertiary/aromatic N) is 2. The number of furan rings is 1. The zero-order valence-electron chi connectivity index (χ0n) is 24.1. The maximum Gasteiger partial charge on any atom is 0.121 e. The fourth-order valence-electron chi connectivity index (χ4n) is 5.37. The van der Waals surface area contributed by atoms with Gasteiger partial charge in [0.15, 0.2) is 0 Å². The van der Waals surface area contributed by atoms with Crippen molar-refractivity contribution in [2.45, 2.75) is 20.8 Å². The monoisotopic (exact) mass is 733 g/mol. The van der Waals surface area contributed by atoms with Crippen LogP contribution in [0.5, 0.6) is 0 Å². The molecule has 1 radical (unpaired) electrons. The summed E-state index contributed by atoms with van der Waals surface area (Å²) in [7, 11) is 0. The first-order valence-corrected chi connectivity index (χ1v) is 14.1. The van der Waals surface area contributed by atoms with Crippen molar-refractivity contribution in [1.29, 1.82) is 0 Å². The quantitative estimate of drug-likeness (QED) is 0.131. The normalized spacial score (nSPS) is 11.0. The van der Waals surface area contributed by atoms with Crippen molar-refractivity contribution in [3.05, 3.63) is 144 Å². The third-order valence-corrected chi connectivity index (χ3v) is 7.82. The smallest absolute Gasteiger partial charge is 0.121 e. The molecule has 0 N–H and O–H groups in total. The Kier molecular flexibility index (Phi) is 7.90. The number of aryl methyl sites for hydroxylation is 3. The zero-order chi connectivity index (χ0) is 28.6. The Balaban J connectivity index is 0.000000199. The van der Waals surface area contributed by atoms with Crippen molar-refractivity contribution in [3.8, 4) is 22.5 Å².